The van der Waals surface area contributed by atoms with Crippen LogP contribution in [0.5, 0.6) is 0 Å². The Hall–Kier alpha value is -0.990. The average molecular weight is 228 g/mol. The molecule has 0 fully saturated rings. The maximum Gasteiger partial charge on any atom is 0.302 e. The molecule has 0 aromatic rings. The summed E-state index contributed by atoms with van der Waals surface area (Å²) in [6.45, 7) is 6.86. The van der Waals surface area contributed by atoms with Gasteiger partial charge in [-0.3, -0.25) is 4.79 Å². The van der Waals surface area contributed by atoms with Gasteiger partial charge in [-0.1, -0.05) is 6.92 Å². The van der Waals surface area contributed by atoms with Gasteiger partial charge in [0, 0.05) is 6.92 Å². The summed E-state index contributed by atoms with van der Waals surface area (Å²) in [6, 6.07) is 0. The van der Waals surface area contributed by atoms with Crippen molar-refractivity contribution < 1.29 is 14.3 Å². The predicted octanol–water partition coefficient (Wildman–Crippen LogP) is 3.44. The lowest BCUT2D eigenvalue weighted by molar-refractivity contribution is -0.141. The van der Waals surface area contributed by atoms with Gasteiger partial charge in [0.15, 0.2) is 0 Å². The molecule has 0 aromatic heterocycles. The number of unbranched alkanes of at least 4 members (excludes halogenated alkanes) is 3. The highest BCUT2D eigenvalue weighted by Gasteiger charge is 1.94. The molecule has 0 bridgehead atoms. The zero-order valence-corrected chi connectivity index (χ0v) is 10.8. The average Bonchev–Trinajstić information content (AvgIpc) is 2.22. The van der Waals surface area contributed by atoms with Gasteiger partial charge < -0.3 is 9.47 Å². The van der Waals surface area contributed by atoms with Crippen LogP contribution in [0.2, 0.25) is 0 Å². The van der Waals surface area contributed by atoms with E-state index >= 15 is 0 Å². The number of carbonyl (C=O) groups excluding carboxylic acids is 1. The van der Waals surface area contributed by atoms with Gasteiger partial charge in [0.25, 0.3) is 0 Å². The zero-order chi connectivity index (χ0) is 12.2. The number of carbonyl (C=O) groups is 1. The molecule has 0 aliphatic heterocycles. The van der Waals surface area contributed by atoms with Gasteiger partial charge in [0.1, 0.15) is 0 Å². The molecule has 0 atom stereocenters. The second kappa shape index (κ2) is 10.5. The molecule has 3 heteroatoms. The van der Waals surface area contributed by atoms with Crippen LogP contribution in [0.4, 0.5) is 0 Å². The van der Waals surface area contributed by atoms with Gasteiger partial charge in [-0.05, 0) is 45.1 Å². The van der Waals surface area contributed by atoms with E-state index in [0.29, 0.717) is 6.61 Å². The Kier molecular flexibility index (Phi) is 9.87. The van der Waals surface area contributed by atoms with E-state index in [4.69, 9.17) is 9.47 Å². The first kappa shape index (κ1) is 15.0. The van der Waals surface area contributed by atoms with Gasteiger partial charge in [0.2, 0.25) is 0 Å². The molecule has 0 N–H and O–H groups in total. The number of rotatable bonds is 9. The van der Waals surface area contributed by atoms with Crippen molar-refractivity contribution in [2.75, 3.05) is 13.2 Å². The number of esters is 1. The number of ether oxygens (including phenoxy) is 2. The maximum absolute atomic E-state index is 10.5. The monoisotopic (exact) mass is 228 g/mol. The Morgan fingerprint density at radius 3 is 2.06 bits per heavy atom. The quantitative estimate of drug-likeness (QED) is 0.344. The lowest BCUT2D eigenvalue weighted by Gasteiger charge is -2.06. The standard InChI is InChI=1S/C13H24O3/c1-4-9-12(2)15-10-7-5-6-8-11-16-13(3)14/h9H,4-8,10-11H2,1-3H3/b12-9+. The summed E-state index contributed by atoms with van der Waals surface area (Å²) < 4.78 is 10.3. The topological polar surface area (TPSA) is 35.5 Å². The normalized spacial score (nSPS) is 11.3. The van der Waals surface area contributed by atoms with Crippen LogP contribution in [0.15, 0.2) is 11.8 Å². The van der Waals surface area contributed by atoms with E-state index in [1.165, 1.54) is 6.92 Å². The van der Waals surface area contributed by atoms with E-state index in [0.717, 1.165) is 44.5 Å². The van der Waals surface area contributed by atoms with Gasteiger partial charge >= 0.3 is 5.97 Å². The summed E-state index contributed by atoms with van der Waals surface area (Å²) in [4.78, 5) is 10.5. The number of allylic oxidation sites excluding steroid dienone is 2. The van der Waals surface area contributed by atoms with Crippen molar-refractivity contribution in [3.63, 3.8) is 0 Å². The first-order valence-electron chi connectivity index (χ1n) is 6.09. The minimum Gasteiger partial charge on any atom is -0.499 e. The Morgan fingerprint density at radius 1 is 1.00 bits per heavy atom. The molecular weight excluding hydrogens is 204 g/mol. The Morgan fingerprint density at radius 2 is 1.56 bits per heavy atom. The summed E-state index contributed by atoms with van der Waals surface area (Å²) in [5, 5.41) is 0. The molecule has 0 amide bonds. The third-order valence-electron chi connectivity index (χ3n) is 2.17. The molecule has 0 heterocycles. The summed E-state index contributed by atoms with van der Waals surface area (Å²) in [5.41, 5.74) is 0. The molecule has 0 unspecified atom stereocenters. The molecule has 0 aliphatic carbocycles. The van der Waals surface area contributed by atoms with E-state index in [-0.39, 0.29) is 5.97 Å². The lowest BCUT2D eigenvalue weighted by atomic mass is 10.2. The van der Waals surface area contributed by atoms with E-state index in [9.17, 15) is 4.79 Å². The molecule has 0 aliphatic rings. The Balaban J connectivity index is 3.15. The molecule has 0 rings (SSSR count). The first-order chi connectivity index (χ1) is 7.66. The van der Waals surface area contributed by atoms with Crippen LogP contribution in [-0.4, -0.2) is 19.2 Å². The minimum atomic E-state index is -0.191. The number of hydrogen-bond acceptors (Lipinski definition) is 3. The van der Waals surface area contributed by atoms with Gasteiger partial charge in [-0.15, -0.1) is 0 Å². The fourth-order valence-corrected chi connectivity index (χ4v) is 1.35. The van der Waals surface area contributed by atoms with E-state index in [1.54, 1.807) is 0 Å². The van der Waals surface area contributed by atoms with Crippen molar-refractivity contribution in [3.05, 3.63) is 11.8 Å². The second-order valence-electron chi connectivity index (χ2n) is 3.83. The van der Waals surface area contributed by atoms with E-state index < -0.39 is 0 Å². The fraction of sp³-hybridized carbons (Fsp3) is 0.769. The summed E-state index contributed by atoms with van der Waals surface area (Å²) in [5.74, 6) is 0.825. The van der Waals surface area contributed by atoms with Crippen molar-refractivity contribution in [3.8, 4) is 0 Å². The second-order valence-corrected chi connectivity index (χ2v) is 3.83. The Labute approximate surface area is 98.8 Å². The predicted molar refractivity (Wildman–Crippen MR) is 65.1 cm³/mol. The van der Waals surface area contributed by atoms with Gasteiger partial charge in [-0.2, -0.15) is 0 Å². The third kappa shape index (κ3) is 11.1. The lowest BCUT2D eigenvalue weighted by Crippen LogP contribution is -2.00. The summed E-state index contributed by atoms with van der Waals surface area (Å²) >= 11 is 0. The molecule has 0 radical (unpaired) electrons. The van der Waals surface area contributed by atoms with Gasteiger partial charge in [0.05, 0.1) is 19.0 Å². The molecule has 0 spiro atoms. The molecule has 0 saturated heterocycles. The zero-order valence-electron chi connectivity index (χ0n) is 10.8. The van der Waals surface area contributed by atoms with Crippen molar-refractivity contribution in [2.24, 2.45) is 0 Å². The minimum absolute atomic E-state index is 0.191. The van der Waals surface area contributed by atoms with Crippen molar-refractivity contribution >= 4 is 5.97 Å². The first-order valence-corrected chi connectivity index (χ1v) is 6.09. The van der Waals surface area contributed by atoms with E-state index in [2.05, 4.69) is 13.0 Å². The summed E-state index contributed by atoms with van der Waals surface area (Å²) in [6.07, 6.45) is 7.33. The van der Waals surface area contributed by atoms with Crippen molar-refractivity contribution in [1.29, 1.82) is 0 Å². The maximum atomic E-state index is 10.5. The van der Waals surface area contributed by atoms with Crippen molar-refractivity contribution in [1.82, 2.24) is 0 Å². The fourth-order valence-electron chi connectivity index (χ4n) is 1.35. The SMILES string of the molecule is CC/C=C(\C)OCCCCCCOC(C)=O. The Bertz CT molecular complexity index is 209. The smallest absolute Gasteiger partial charge is 0.302 e. The van der Waals surface area contributed by atoms with Crippen LogP contribution in [0.1, 0.15) is 52.9 Å². The molecular formula is C13H24O3. The number of hydrogen-bond donors (Lipinski definition) is 0. The van der Waals surface area contributed by atoms with Crippen LogP contribution >= 0.6 is 0 Å². The molecule has 0 aromatic carbocycles. The third-order valence-corrected chi connectivity index (χ3v) is 2.17. The largest absolute Gasteiger partial charge is 0.499 e. The van der Waals surface area contributed by atoms with Gasteiger partial charge in [-0.25, -0.2) is 0 Å². The molecule has 94 valence electrons. The highest BCUT2D eigenvalue weighted by atomic mass is 16.5. The molecule has 3 nitrogen and oxygen atoms in total. The van der Waals surface area contributed by atoms with Crippen LogP contribution in [0, 0.1) is 0 Å². The molecule has 16 heavy (non-hydrogen) atoms. The molecule has 0 saturated carbocycles. The van der Waals surface area contributed by atoms with Crippen LogP contribution in [0.25, 0.3) is 0 Å². The van der Waals surface area contributed by atoms with Crippen molar-refractivity contribution in [2.45, 2.75) is 52.9 Å². The summed E-state index contributed by atoms with van der Waals surface area (Å²) in [7, 11) is 0. The van der Waals surface area contributed by atoms with Crippen LogP contribution in [0.3, 0.4) is 0 Å². The van der Waals surface area contributed by atoms with E-state index in [1.807, 2.05) is 6.92 Å². The highest BCUT2D eigenvalue weighted by molar-refractivity contribution is 5.65. The highest BCUT2D eigenvalue weighted by Crippen LogP contribution is 2.04. The van der Waals surface area contributed by atoms with Crippen LogP contribution < -0.4 is 0 Å². The van der Waals surface area contributed by atoms with Crippen LogP contribution in [-0.2, 0) is 14.3 Å².